The summed E-state index contributed by atoms with van der Waals surface area (Å²) in [6.07, 6.45) is -4.43. The number of hydrogen-bond acceptors (Lipinski definition) is 2. The maximum atomic E-state index is 12.1. The maximum Gasteiger partial charge on any atom is 0.454 e. The van der Waals surface area contributed by atoms with Crippen LogP contribution in [0.1, 0.15) is 11.1 Å². The van der Waals surface area contributed by atoms with Gasteiger partial charge < -0.3 is 4.74 Å². The molecule has 0 heterocycles. The topological polar surface area (TPSA) is 26.3 Å². The number of alkyl halides is 3. The molecule has 1 aromatic rings. The number of carbonyl (C=O) groups excluding carboxylic acids is 1. The molecule has 0 bridgehead atoms. The molecular weight excluding hydrogens is 233 g/mol. The van der Waals surface area contributed by atoms with Crippen LogP contribution >= 0.6 is 0 Å². The van der Waals surface area contributed by atoms with Gasteiger partial charge >= 0.3 is 6.18 Å². The summed E-state index contributed by atoms with van der Waals surface area (Å²) in [5.74, 6) is -2.04. The zero-order valence-corrected chi connectivity index (χ0v) is 9.34. The van der Waals surface area contributed by atoms with Crippen LogP contribution in [0.15, 0.2) is 30.3 Å². The molecule has 0 aliphatic rings. The van der Waals surface area contributed by atoms with Crippen LogP contribution < -0.4 is 0 Å². The Labute approximate surface area is 96.7 Å². The number of ether oxygens (including phenoxy) is 1. The molecule has 0 saturated heterocycles. The fraction of sp³-hybridized carbons (Fsp3) is 0.250. The zero-order valence-electron chi connectivity index (χ0n) is 9.34. The van der Waals surface area contributed by atoms with Gasteiger partial charge in [-0.25, -0.2) is 0 Å². The van der Waals surface area contributed by atoms with Crippen LogP contribution in [-0.2, 0) is 9.53 Å². The Morgan fingerprint density at radius 3 is 2.18 bits per heavy atom. The monoisotopic (exact) mass is 244 g/mol. The molecular formula is C12H11F3O2. The van der Waals surface area contributed by atoms with Gasteiger partial charge in [0.25, 0.3) is 5.78 Å². The molecule has 5 heteroatoms. The Morgan fingerprint density at radius 1 is 1.24 bits per heavy atom. The van der Waals surface area contributed by atoms with E-state index in [-0.39, 0.29) is 5.76 Å². The number of methoxy groups -OCH3 is 1. The van der Waals surface area contributed by atoms with E-state index in [0.29, 0.717) is 11.6 Å². The van der Waals surface area contributed by atoms with Crippen molar-refractivity contribution in [3.63, 3.8) is 0 Å². The molecule has 0 amide bonds. The highest BCUT2D eigenvalue weighted by molar-refractivity contribution is 5.99. The van der Waals surface area contributed by atoms with Crippen molar-refractivity contribution in [2.24, 2.45) is 0 Å². The molecule has 0 spiro atoms. The van der Waals surface area contributed by atoms with Gasteiger partial charge in [0.2, 0.25) is 0 Å². The third-order valence-electron chi connectivity index (χ3n) is 2.10. The molecule has 0 unspecified atom stereocenters. The van der Waals surface area contributed by atoms with E-state index in [1.807, 2.05) is 6.92 Å². The normalized spacial score (nSPS) is 12.4. The Hall–Kier alpha value is -1.78. The third kappa shape index (κ3) is 3.62. The van der Waals surface area contributed by atoms with Crippen LogP contribution in [0, 0.1) is 6.92 Å². The minimum absolute atomic E-state index is 0.104. The second kappa shape index (κ2) is 5.03. The summed E-state index contributed by atoms with van der Waals surface area (Å²) in [6, 6.07) is 6.63. The smallest absolute Gasteiger partial charge is 0.454 e. The fourth-order valence-electron chi connectivity index (χ4n) is 1.18. The first-order chi connectivity index (χ1) is 7.84. The van der Waals surface area contributed by atoms with Gasteiger partial charge in [-0.05, 0) is 6.92 Å². The largest absolute Gasteiger partial charge is 0.496 e. The van der Waals surface area contributed by atoms with E-state index in [0.717, 1.165) is 5.56 Å². The Kier molecular flexibility index (Phi) is 3.93. The van der Waals surface area contributed by atoms with Crippen molar-refractivity contribution < 1.29 is 22.7 Å². The van der Waals surface area contributed by atoms with Crippen molar-refractivity contribution in [2.75, 3.05) is 7.11 Å². The Balaban J connectivity index is 3.04. The van der Waals surface area contributed by atoms with Crippen molar-refractivity contribution >= 4 is 11.5 Å². The molecule has 2 nitrogen and oxygen atoms in total. The average Bonchev–Trinajstić information content (AvgIpc) is 2.25. The van der Waals surface area contributed by atoms with Crippen LogP contribution in [0.25, 0.3) is 5.76 Å². The minimum atomic E-state index is -4.88. The number of hydrogen-bond donors (Lipinski definition) is 0. The molecule has 0 fully saturated rings. The summed E-state index contributed by atoms with van der Waals surface area (Å²) >= 11 is 0. The van der Waals surface area contributed by atoms with E-state index < -0.39 is 12.0 Å². The van der Waals surface area contributed by atoms with Gasteiger partial charge in [-0.15, -0.1) is 0 Å². The molecule has 0 aliphatic heterocycles. The molecule has 1 aromatic carbocycles. The van der Waals surface area contributed by atoms with Crippen molar-refractivity contribution in [3.8, 4) is 0 Å². The highest BCUT2D eigenvalue weighted by Gasteiger charge is 2.37. The quantitative estimate of drug-likeness (QED) is 0.603. The maximum absolute atomic E-state index is 12.1. The fourth-order valence-corrected chi connectivity index (χ4v) is 1.18. The van der Waals surface area contributed by atoms with Crippen molar-refractivity contribution in [3.05, 3.63) is 41.5 Å². The number of carbonyl (C=O) groups is 1. The highest BCUT2D eigenvalue weighted by atomic mass is 19.4. The van der Waals surface area contributed by atoms with Crippen LogP contribution in [0.2, 0.25) is 0 Å². The van der Waals surface area contributed by atoms with Crippen LogP contribution in [0.3, 0.4) is 0 Å². The van der Waals surface area contributed by atoms with Gasteiger partial charge in [0, 0.05) is 11.6 Å². The number of allylic oxidation sites excluding steroid dienone is 1. The van der Waals surface area contributed by atoms with Crippen LogP contribution in [0.5, 0.6) is 0 Å². The lowest BCUT2D eigenvalue weighted by Crippen LogP contribution is -2.20. The van der Waals surface area contributed by atoms with Gasteiger partial charge in [0.1, 0.15) is 5.76 Å². The van der Waals surface area contributed by atoms with E-state index >= 15 is 0 Å². The van der Waals surface area contributed by atoms with Gasteiger partial charge in [0.15, 0.2) is 0 Å². The zero-order chi connectivity index (χ0) is 13.1. The summed E-state index contributed by atoms with van der Waals surface area (Å²) in [5, 5.41) is 0. The number of benzene rings is 1. The van der Waals surface area contributed by atoms with Crippen molar-refractivity contribution in [1.82, 2.24) is 0 Å². The molecule has 0 aliphatic carbocycles. The van der Waals surface area contributed by atoms with Crippen LogP contribution in [-0.4, -0.2) is 19.1 Å². The number of aryl methyl sites for hydroxylation is 1. The van der Waals surface area contributed by atoms with E-state index in [9.17, 15) is 18.0 Å². The van der Waals surface area contributed by atoms with Crippen molar-refractivity contribution in [2.45, 2.75) is 13.1 Å². The first-order valence-electron chi connectivity index (χ1n) is 4.78. The lowest BCUT2D eigenvalue weighted by Gasteiger charge is -2.07. The van der Waals surface area contributed by atoms with E-state index in [2.05, 4.69) is 0 Å². The molecule has 0 saturated carbocycles. The van der Waals surface area contributed by atoms with Gasteiger partial charge in [0.05, 0.1) is 7.11 Å². The second-order valence-electron chi connectivity index (χ2n) is 3.44. The predicted octanol–water partition coefficient (Wildman–Crippen LogP) is 3.11. The van der Waals surface area contributed by atoms with Crippen molar-refractivity contribution in [1.29, 1.82) is 0 Å². The Bertz CT molecular complexity index is 430. The highest BCUT2D eigenvalue weighted by Crippen LogP contribution is 2.21. The summed E-state index contributed by atoms with van der Waals surface area (Å²) in [7, 11) is 1.22. The molecule has 17 heavy (non-hydrogen) atoms. The molecule has 1 rings (SSSR count). The average molecular weight is 244 g/mol. The molecule has 0 aromatic heterocycles. The van der Waals surface area contributed by atoms with Gasteiger partial charge in [-0.3, -0.25) is 4.79 Å². The second-order valence-corrected chi connectivity index (χ2v) is 3.44. The lowest BCUT2D eigenvalue weighted by molar-refractivity contribution is -0.165. The van der Waals surface area contributed by atoms with E-state index in [1.54, 1.807) is 24.3 Å². The molecule has 0 radical (unpaired) electrons. The first-order valence-corrected chi connectivity index (χ1v) is 4.78. The van der Waals surface area contributed by atoms with Gasteiger partial charge in [-0.1, -0.05) is 29.8 Å². The van der Waals surface area contributed by atoms with Gasteiger partial charge in [-0.2, -0.15) is 13.2 Å². The molecule has 0 N–H and O–H groups in total. The number of ketones is 1. The Morgan fingerprint density at radius 2 is 1.76 bits per heavy atom. The minimum Gasteiger partial charge on any atom is -0.496 e. The number of halogens is 3. The third-order valence-corrected chi connectivity index (χ3v) is 2.10. The lowest BCUT2D eigenvalue weighted by atomic mass is 10.1. The predicted molar refractivity (Wildman–Crippen MR) is 57.2 cm³/mol. The summed E-state index contributed by atoms with van der Waals surface area (Å²) < 4.78 is 41.0. The number of rotatable bonds is 3. The summed E-state index contributed by atoms with van der Waals surface area (Å²) in [6.45, 7) is 1.85. The SMILES string of the molecule is COC(=CC(=O)C(F)(F)F)c1ccc(C)cc1. The summed E-state index contributed by atoms with van der Waals surface area (Å²) in [4.78, 5) is 10.8. The molecule has 92 valence electrons. The standard InChI is InChI=1S/C12H11F3O2/c1-8-3-5-9(6-4-8)10(17-2)7-11(16)12(13,14)15/h3-7H,1-2H3. The summed E-state index contributed by atoms with van der Waals surface area (Å²) in [5.41, 5.74) is 1.39. The molecule has 0 atom stereocenters. The van der Waals surface area contributed by atoms with E-state index in [1.165, 1.54) is 7.11 Å². The first kappa shape index (κ1) is 13.3. The van der Waals surface area contributed by atoms with E-state index in [4.69, 9.17) is 4.74 Å². The van der Waals surface area contributed by atoms with Crippen LogP contribution in [0.4, 0.5) is 13.2 Å².